The van der Waals surface area contributed by atoms with Crippen molar-refractivity contribution in [1.82, 2.24) is 4.57 Å². The van der Waals surface area contributed by atoms with E-state index in [4.69, 9.17) is 9.05 Å². The van der Waals surface area contributed by atoms with E-state index in [9.17, 15) is 9.46 Å². The summed E-state index contributed by atoms with van der Waals surface area (Å²) >= 11 is 0. The summed E-state index contributed by atoms with van der Waals surface area (Å²) in [4.78, 5) is 9.85. The molecule has 5 rings (SSSR count). The molecule has 0 bridgehead atoms. The SMILES string of the molecule is CCCCOP(=O)(O)OCCCCn1c2ccc(-c3ccccc3)cc2c2cc(-c3ccccc3)ccc21. The topological polar surface area (TPSA) is 60.7 Å². The Labute approximate surface area is 224 Å². The summed E-state index contributed by atoms with van der Waals surface area (Å²) in [7, 11) is -3.98. The lowest BCUT2D eigenvalue weighted by Gasteiger charge is -2.12. The van der Waals surface area contributed by atoms with Gasteiger partial charge >= 0.3 is 7.82 Å². The van der Waals surface area contributed by atoms with Crippen LogP contribution in [0.1, 0.15) is 32.6 Å². The first kappa shape index (κ1) is 26.4. The van der Waals surface area contributed by atoms with Crippen LogP contribution < -0.4 is 0 Å². The van der Waals surface area contributed by atoms with E-state index in [0.29, 0.717) is 6.42 Å². The molecule has 1 aromatic heterocycles. The highest BCUT2D eigenvalue weighted by Gasteiger charge is 2.20. The second-order valence-electron chi connectivity index (χ2n) is 9.54. The van der Waals surface area contributed by atoms with Gasteiger partial charge < -0.3 is 9.46 Å². The van der Waals surface area contributed by atoms with Gasteiger partial charge in [-0.3, -0.25) is 9.05 Å². The number of phosphoric ester groups is 1. The van der Waals surface area contributed by atoms with Crippen LogP contribution in [0.15, 0.2) is 97.1 Å². The van der Waals surface area contributed by atoms with Crippen LogP contribution in [0.5, 0.6) is 0 Å². The predicted molar refractivity (Wildman–Crippen MR) is 156 cm³/mol. The van der Waals surface area contributed by atoms with E-state index >= 15 is 0 Å². The Morgan fingerprint density at radius 2 is 1.16 bits per heavy atom. The average Bonchev–Trinajstić information content (AvgIpc) is 3.26. The molecule has 0 saturated heterocycles. The van der Waals surface area contributed by atoms with Crippen molar-refractivity contribution in [1.29, 1.82) is 0 Å². The summed E-state index contributed by atoms with van der Waals surface area (Å²) in [5, 5.41) is 2.44. The molecule has 5 nitrogen and oxygen atoms in total. The highest BCUT2D eigenvalue weighted by molar-refractivity contribution is 7.47. The lowest BCUT2D eigenvalue weighted by molar-refractivity contribution is 0.145. The van der Waals surface area contributed by atoms with E-state index in [1.54, 1.807) is 0 Å². The van der Waals surface area contributed by atoms with E-state index in [0.717, 1.165) is 25.8 Å². The van der Waals surface area contributed by atoms with Crippen LogP contribution in [-0.4, -0.2) is 22.7 Å². The highest BCUT2D eigenvalue weighted by Crippen LogP contribution is 2.43. The normalized spacial score (nSPS) is 13.2. The Balaban J connectivity index is 1.42. The second-order valence-corrected chi connectivity index (χ2v) is 11.0. The molecule has 0 fully saturated rings. The number of hydrogen-bond acceptors (Lipinski definition) is 3. The van der Waals surface area contributed by atoms with Crippen LogP contribution in [0.25, 0.3) is 44.1 Å². The smallest absolute Gasteiger partial charge is 0.340 e. The summed E-state index contributed by atoms with van der Waals surface area (Å²) in [5.41, 5.74) is 7.14. The number of aryl methyl sites for hydroxylation is 1. The third kappa shape index (κ3) is 6.09. The van der Waals surface area contributed by atoms with Crippen LogP contribution in [0, 0.1) is 0 Å². The van der Waals surface area contributed by atoms with E-state index in [1.807, 2.05) is 19.1 Å². The molecule has 1 atom stereocenters. The van der Waals surface area contributed by atoms with Crippen molar-refractivity contribution in [3.63, 3.8) is 0 Å². The zero-order valence-electron chi connectivity index (χ0n) is 21.8. The minimum absolute atomic E-state index is 0.188. The van der Waals surface area contributed by atoms with Crippen LogP contribution in [-0.2, 0) is 20.2 Å². The van der Waals surface area contributed by atoms with Crippen molar-refractivity contribution in [3.05, 3.63) is 97.1 Å². The Hall–Kier alpha value is -3.21. The van der Waals surface area contributed by atoms with Gasteiger partial charge in [0.2, 0.25) is 0 Å². The molecular weight excluding hydrogens is 493 g/mol. The first-order chi connectivity index (χ1) is 18.6. The molecule has 5 aromatic rings. The molecule has 1 heterocycles. The number of hydrogen-bond donors (Lipinski definition) is 1. The summed E-state index contributed by atoms with van der Waals surface area (Å²) in [6.45, 7) is 3.21. The Morgan fingerprint density at radius 3 is 1.66 bits per heavy atom. The molecule has 0 spiro atoms. The molecule has 4 aromatic carbocycles. The number of fused-ring (bicyclic) bond motifs is 3. The number of phosphoric acid groups is 1. The molecule has 0 saturated carbocycles. The van der Waals surface area contributed by atoms with Gasteiger partial charge in [0.15, 0.2) is 0 Å². The molecule has 0 radical (unpaired) electrons. The molecular formula is C32H34NO4P. The number of benzene rings is 4. The molecule has 0 aliphatic carbocycles. The number of unbranched alkanes of at least 4 members (excludes halogenated alkanes) is 2. The van der Waals surface area contributed by atoms with E-state index in [1.165, 1.54) is 44.1 Å². The van der Waals surface area contributed by atoms with Crippen molar-refractivity contribution in [2.45, 2.75) is 39.2 Å². The third-order valence-corrected chi connectivity index (χ3v) is 7.88. The Kier molecular flexibility index (Phi) is 8.41. The minimum Gasteiger partial charge on any atom is -0.340 e. The monoisotopic (exact) mass is 527 g/mol. The van der Waals surface area contributed by atoms with E-state index < -0.39 is 7.82 Å². The Bertz CT molecular complexity index is 1450. The first-order valence-corrected chi connectivity index (χ1v) is 14.8. The number of nitrogens with zero attached hydrogens (tertiary/aromatic N) is 1. The maximum Gasteiger partial charge on any atom is 0.472 e. The summed E-state index contributed by atoms with van der Waals surface area (Å²) in [6, 6.07) is 34.3. The maximum atomic E-state index is 12.0. The van der Waals surface area contributed by atoms with Gasteiger partial charge in [-0.15, -0.1) is 0 Å². The van der Waals surface area contributed by atoms with Crippen molar-refractivity contribution in [2.24, 2.45) is 0 Å². The van der Waals surface area contributed by atoms with Crippen LogP contribution in [0.2, 0.25) is 0 Å². The molecule has 1 unspecified atom stereocenters. The molecule has 6 heteroatoms. The van der Waals surface area contributed by atoms with Gasteiger partial charge in [0.25, 0.3) is 0 Å². The van der Waals surface area contributed by atoms with Crippen molar-refractivity contribution < 1.29 is 18.5 Å². The van der Waals surface area contributed by atoms with E-state index in [-0.39, 0.29) is 13.2 Å². The fraction of sp³-hybridized carbons (Fsp3) is 0.250. The molecule has 0 amide bonds. The summed E-state index contributed by atoms with van der Waals surface area (Å²) in [6.07, 6.45) is 3.11. The molecule has 0 aliphatic rings. The lowest BCUT2D eigenvalue weighted by Crippen LogP contribution is -2.02. The lowest BCUT2D eigenvalue weighted by atomic mass is 10.0. The van der Waals surface area contributed by atoms with Gasteiger partial charge in [-0.1, -0.05) is 86.1 Å². The van der Waals surface area contributed by atoms with Crippen molar-refractivity contribution >= 4 is 29.6 Å². The van der Waals surface area contributed by atoms with Gasteiger partial charge in [0.1, 0.15) is 0 Å². The maximum absolute atomic E-state index is 12.0. The molecule has 38 heavy (non-hydrogen) atoms. The van der Waals surface area contributed by atoms with Gasteiger partial charge in [-0.25, -0.2) is 4.57 Å². The third-order valence-electron chi connectivity index (χ3n) is 6.86. The number of rotatable bonds is 12. The quantitative estimate of drug-likeness (QED) is 0.130. The first-order valence-electron chi connectivity index (χ1n) is 13.3. The summed E-state index contributed by atoms with van der Waals surface area (Å²) < 4.78 is 24.6. The van der Waals surface area contributed by atoms with Gasteiger partial charge in [0.05, 0.1) is 13.2 Å². The minimum atomic E-state index is -3.98. The molecule has 1 N–H and O–H groups in total. The van der Waals surface area contributed by atoms with Crippen molar-refractivity contribution in [2.75, 3.05) is 13.2 Å². The Morgan fingerprint density at radius 1 is 0.658 bits per heavy atom. The van der Waals surface area contributed by atoms with Gasteiger partial charge in [-0.05, 0) is 65.8 Å². The number of aromatic nitrogens is 1. The van der Waals surface area contributed by atoms with Crippen LogP contribution in [0.3, 0.4) is 0 Å². The summed E-state index contributed by atoms with van der Waals surface area (Å²) in [5.74, 6) is 0. The van der Waals surface area contributed by atoms with E-state index in [2.05, 4.69) is 89.5 Å². The zero-order chi connectivity index (χ0) is 26.4. The van der Waals surface area contributed by atoms with Crippen molar-refractivity contribution in [3.8, 4) is 22.3 Å². The second kappa shape index (κ2) is 12.1. The van der Waals surface area contributed by atoms with Gasteiger partial charge in [0, 0.05) is 28.4 Å². The highest BCUT2D eigenvalue weighted by atomic mass is 31.2. The average molecular weight is 528 g/mol. The van der Waals surface area contributed by atoms with Crippen LogP contribution >= 0.6 is 7.82 Å². The molecule has 196 valence electrons. The van der Waals surface area contributed by atoms with Gasteiger partial charge in [-0.2, -0.15) is 0 Å². The predicted octanol–water partition coefficient (Wildman–Crippen LogP) is 8.84. The fourth-order valence-corrected chi connectivity index (χ4v) is 5.67. The van der Waals surface area contributed by atoms with Crippen LogP contribution in [0.4, 0.5) is 0 Å². The standard InChI is InChI=1S/C32H34NO4P/c1-2-3-21-36-38(34,35)37-22-11-10-20-33-31-18-16-27(25-12-6-4-7-13-25)23-29(31)30-24-28(17-19-32(30)33)26-14-8-5-9-15-26/h4-9,12-19,23-24H,2-3,10-11,20-22H2,1H3,(H,34,35). The largest absolute Gasteiger partial charge is 0.472 e. The molecule has 0 aliphatic heterocycles. The zero-order valence-corrected chi connectivity index (χ0v) is 22.6. The fourth-order valence-electron chi connectivity index (χ4n) is 4.88.